The number of halogens is 1. The molecule has 0 radical (unpaired) electrons. The van der Waals surface area contributed by atoms with Gasteiger partial charge in [0.2, 0.25) is 0 Å². The van der Waals surface area contributed by atoms with E-state index in [1.165, 1.54) is 0 Å². The van der Waals surface area contributed by atoms with Crippen LogP contribution in [0, 0.1) is 0 Å². The van der Waals surface area contributed by atoms with Crippen molar-refractivity contribution in [1.29, 1.82) is 0 Å². The molecule has 96 valence electrons. The van der Waals surface area contributed by atoms with E-state index < -0.39 is 0 Å². The summed E-state index contributed by atoms with van der Waals surface area (Å²) in [5.41, 5.74) is 2.15. The molecule has 0 saturated heterocycles. The van der Waals surface area contributed by atoms with E-state index in [1.54, 1.807) is 6.26 Å². The Morgan fingerprint density at radius 1 is 1.28 bits per heavy atom. The van der Waals surface area contributed by atoms with Crippen molar-refractivity contribution in [1.82, 2.24) is 5.32 Å². The second kappa shape index (κ2) is 6.59. The zero-order valence-electron chi connectivity index (χ0n) is 10.3. The summed E-state index contributed by atoms with van der Waals surface area (Å²) in [6.07, 6.45) is 1.69. The Balaban J connectivity index is 1.86. The molecule has 0 bridgehead atoms. The first kappa shape index (κ1) is 13.1. The molecule has 0 aliphatic carbocycles. The standard InChI is InChI=1S/C14H16ClNO2/c1-16-8-14-12(5-6-18-14)10-17-9-11-3-2-4-13(15)7-11/h2-7,16H,8-10H2,1H3. The summed E-state index contributed by atoms with van der Waals surface area (Å²) >= 11 is 5.91. The molecule has 0 aliphatic rings. The van der Waals surface area contributed by atoms with Crippen LogP contribution in [0.25, 0.3) is 0 Å². The van der Waals surface area contributed by atoms with Gasteiger partial charge in [-0.05, 0) is 30.8 Å². The van der Waals surface area contributed by atoms with E-state index in [-0.39, 0.29) is 0 Å². The summed E-state index contributed by atoms with van der Waals surface area (Å²) in [6.45, 7) is 1.80. The third-order valence-electron chi connectivity index (χ3n) is 2.59. The van der Waals surface area contributed by atoms with Gasteiger partial charge in [-0.3, -0.25) is 0 Å². The van der Waals surface area contributed by atoms with Crippen LogP contribution in [0.15, 0.2) is 41.0 Å². The Bertz CT molecular complexity index is 496. The van der Waals surface area contributed by atoms with E-state index in [9.17, 15) is 0 Å². The van der Waals surface area contributed by atoms with Gasteiger partial charge in [0.1, 0.15) is 5.76 Å². The summed E-state index contributed by atoms with van der Waals surface area (Å²) in [6, 6.07) is 9.61. The quantitative estimate of drug-likeness (QED) is 0.870. The summed E-state index contributed by atoms with van der Waals surface area (Å²) in [5, 5.41) is 3.79. The number of nitrogens with one attached hydrogen (secondary N) is 1. The second-order valence-corrected chi connectivity index (χ2v) is 4.46. The fraction of sp³-hybridized carbons (Fsp3) is 0.286. The number of furan rings is 1. The van der Waals surface area contributed by atoms with Crippen LogP contribution in [0.4, 0.5) is 0 Å². The molecular weight excluding hydrogens is 250 g/mol. The van der Waals surface area contributed by atoms with Crippen LogP contribution in [0.5, 0.6) is 0 Å². The lowest BCUT2D eigenvalue weighted by Gasteiger charge is -2.05. The van der Waals surface area contributed by atoms with E-state index >= 15 is 0 Å². The Kier molecular flexibility index (Phi) is 4.81. The largest absolute Gasteiger partial charge is 0.468 e. The van der Waals surface area contributed by atoms with Crippen molar-refractivity contribution in [2.75, 3.05) is 7.05 Å². The molecule has 1 aromatic carbocycles. The summed E-state index contributed by atoms with van der Waals surface area (Å²) < 4.78 is 11.0. The molecule has 0 fully saturated rings. The highest BCUT2D eigenvalue weighted by atomic mass is 35.5. The SMILES string of the molecule is CNCc1occc1COCc1cccc(Cl)c1. The Morgan fingerprint density at radius 3 is 2.94 bits per heavy atom. The first-order valence-corrected chi connectivity index (χ1v) is 6.19. The first-order valence-electron chi connectivity index (χ1n) is 5.81. The van der Waals surface area contributed by atoms with Crippen LogP contribution in [0.1, 0.15) is 16.9 Å². The molecule has 0 amide bonds. The molecule has 1 aromatic heterocycles. The zero-order chi connectivity index (χ0) is 12.8. The summed E-state index contributed by atoms with van der Waals surface area (Å²) in [5.74, 6) is 0.920. The molecule has 1 heterocycles. The molecule has 0 aliphatic heterocycles. The average Bonchev–Trinajstić information content (AvgIpc) is 2.78. The van der Waals surface area contributed by atoms with E-state index in [0.717, 1.165) is 21.9 Å². The van der Waals surface area contributed by atoms with Crippen molar-refractivity contribution < 1.29 is 9.15 Å². The zero-order valence-corrected chi connectivity index (χ0v) is 11.0. The van der Waals surface area contributed by atoms with Gasteiger partial charge in [-0.25, -0.2) is 0 Å². The number of ether oxygens (including phenoxy) is 1. The molecule has 0 unspecified atom stereocenters. The molecule has 2 rings (SSSR count). The van der Waals surface area contributed by atoms with Crippen molar-refractivity contribution in [3.05, 3.63) is 58.5 Å². The van der Waals surface area contributed by atoms with Gasteiger partial charge in [-0.1, -0.05) is 23.7 Å². The molecule has 2 aromatic rings. The van der Waals surface area contributed by atoms with Gasteiger partial charge in [0.05, 0.1) is 26.0 Å². The maximum absolute atomic E-state index is 5.91. The Hall–Kier alpha value is -1.29. The van der Waals surface area contributed by atoms with E-state index in [2.05, 4.69) is 5.32 Å². The highest BCUT2D eigenvalue weighted by Crippen LogP contribution is 2.15. The van der Waals surface area contributed by atoms with Crippen molar-refractivity contribution in [2.45, 2.75) is 19.8 Å². The number of hydrogen-bond donors (Lipinski definition) is 1. The Labute approximate surface area is 112 Å². The number of benzene rings is 1. The van der Waals surface area contributed by atoms with Gasteiger partial charge < -0.3 is 14.5 Å². The number of hydrogen-bond acceptors (Lipinski definition) is 3. The van der Waals surface area contributed by atoms with Crippen molar-refractivity contribution in [2.24, 2.45) is 0 Å². The van der Waals surface area contributed by atoms with E-state index in [1.807, 2.05) is 37.4 Å². The van der Waals surface area contributed by atoms with E-state index in [4.69, 9.17) is 20.8 Å². The summed E-state index contributed by atoms with van der Waals surface area (Å²) in [4.78, 5) is 0. The van der Waals surface area contributed by atoms with Crippen molar-refractivity contribution >= 4 is 11.6 Å². The van der Waals surface area contributed by atoms with Gasteiger partial charge in [0.25, 0.3) is 0 Å². The minimum Gasteiger partial charge on any atom is -0.468 e. The monoisotopic (exact) mass is 265 g/mol. The third-order valence-corrected chi connectivity index (χ3v) is 2.83. The minimum absolute atomic E-state index is 0.542. The van der Waals surface area contributed by atoms with Gasteiger partial charge >= 0.3 is 0 Å². The fourth-order valence-corrected chi connectivity index (χ4v) is 1.93. The highest BCUT2D eigenvalue weighted by Gasteiger charge is 2.05. The van der Waals surface area contributed by atoms with Crippen molar-refractivity contribution in [3.8, 4) is 0 Å². The normalized spacial score (nSPS) is 10.8. The average molecular weight is 266 g/mol. The topological polar surface area (TPSA) is 34.4 Å². The molecule has 4 heteroatoms. The second-order valence-electron chi connectivity index (χ2n) is 4.02. The van der Waals surface area contributed by atoms with Gasteiger partial charge in [-0.15, -0.1) is 0 Å². The third kappa shape index (κ3) is 3.60. The molecular formula is C14H16ClNO2. The maximum atomic E-state index is 5.91. The lowest BCUT2D eigenvalue weighted by molar-refractivity contribution is 0.106. The van der Waals surface area contributed by atoms with Crippen LogP contribution in [0.2, 0.25) is 5.02 Å². The molecule has 0 saturated carbocycles. The van der Waals surface area contributed by atoms with Crippen LogP contribution in [-0.4, -0.2) is 7.05 Å². The molecule has 3 nitrogen and oxygen atoms in total. The minimum atomic E-state index is 0.542. The van der Waals surface area contributed by atoms with E-state index in [0.29, 0.717) is 19.8 Å². The van der Waals surface area contributed by atoms with Gasteiger partial charge in [0.15, 0.2) is 0 Å². The van der Waals surface area contributed by atoms with Crippen LogP contribution < -0.4 is 5.32 Å². The van der Waals surface area contributed by atoms with Crippen molar-refractivity contribution in [3.63, 3.8) is 0 Å². The first-order chi connectivity index (χ1) is 8.79. The molecule has 0 atom stereocenters. The highest BCUT2D eigenvalue weighted by molar-refractivity contribution is 6.30. The predicted octanol–water partition coefficient (Wildman–Crippen LogP) is 3.37. The van der Waals surface area contributed by atoms with Crippen LogP contribution in [0.3, 0.4) is 0 Å². The Morgan fingerprint density at radius 2 is 2.17 bits per heavy atom. The maximum Gasteiger partial charge on any atom is 0.123 e. The van der Waals surface area contributed by atoms with Gasteiger partial charge in [0, 0.05) is 10.6 Å². The molecule has 0 spiro atoms. The summed E-state index contributed by atoms with van der Waals surface area (Å²) in [7, 11) is 1.89. The molecule has 1 N–H and O–H groups in total. The smallest absolute Gasteiger partial charge is 0.123 e. The predicted molar refractivity (Wildman–Crippen MR) is 71.4 cm³/mol. The lowest BCUT2D eigenvalue weighted by Crippen LogP contribution is -2.06. The molecule has 18 heavy (non-hydrogen) atoms. The van der Waals surface area contributed by atoms with Crippen LogP contribution >= 0.6 is 11.6 Å². The number of rotatable bonds is 6. The van der Waals surface area contributed by atoms with Gasteiger partial charge in [-0.2, -0.15) is 0 Å². The fourth-order valence-electron chi connectivity index (χ4n) is 1.72. The lowest BCUT2D eigenvalue weighted by atomic mass is 10.2. The van der Waals surface area contributed by atoms with Crippen LogP contribution in [-0.2, 0) is 24.5 Å².